The fourth-order valence-corrected chi connectivity index (χ4v) is 1.78. The average molecular weight is 279 g/mol. The molecule has 0 aliphatic rings. The molecule has 0 aromatic heterocycles. The third-order valence-electron chi connectivity index (χ3n) is 2.85. The van der Waals surface area contributed by atoms with Crippen LogP contribution in [0.1, 0.15) is 38.7 Å². The van der Waals surface area contributed by atoms with Crippen LogP contribution in [0.15, 0.2) is 18.2 Å². The molecule has 0 spiro atoms. The standard InChI is InChI=1S/C15H21NO4/c1-9(2)8-20-15(19)13(16)6-10(3)12-5-4-11(17)7-14(12)18/h4-5,7,9-10,16-18H,6,8H2,1-3H3. The lowest BCUT2D eigenvalue weighted by Gasteiger charge is -2.14. The molecule has 5 nitrogen and oxygen atoms in total. The highest BCUT2D eigenvalue weighted by Gasteiger charge is 2.18. The van der Waals surface area contributed by atoms with Crippen LogP contribution in [-0.2, 0) is 9.53 Å². The van der Waals surface area contributed by atoms with Gasteiger partial charge >= 0.3 is 5.97 Å². The van der Waals surface area contributed by atoms with Crippen LogP contribution in [0, 0.1) is 11.3 Å². The van der Waals surface area contributed by atoms with Crippen molar-refractivity contribution >= 4 is 11.7 Å². The molecule has 0 aliphatic heterocycles. The maximum atomic E-state index is 11.6. The van der Waals surface area contributed by atoms with Gasteiger partial charge in [-0.15, -0.1) is 0 Å². The van der Waals surface area contributed by atoms with E-state index in [1.807, 2.05) is 13.8 Å². The second kappa shape index (κ2) is 6.93. The summed E-state index contributed by atoms with van der Waals surface area (Å²) < 4.78 is 4.99. The summed E-state index contributed by atoms with van der Waals surface area (Å²) in [6.45, 7) is 5.94. The average Bonchev–Trinajstić information content (AvgIpc) is 2.35. The number of carbonyl (C=O) groups is 1. The Kier molecular flexibility index (Phi) is 5.55. The molecule has 1 unspecified atom stereocenters. The Morgan fingerprint density at radius 1 is 1.30 bits per heavy atom. The second-order valence-corrected chi connectivity index (χ2v) is 5.32. The monoisotopic (exact) mass is 279 g/mol. The Labute approximate surface area is 118 Å². The molecule has 0 heterocycles. The van der Waals surface area contributed by atoms with Crippen LogP contribution >= 0.6 is 0 Å². The van der Waals surface area contributed by atoms with Crippen LogP contribution in [-0.4, -0.2) is 28.5 Å². The van der Waals surface area contributed by atoms with E-state index in [1.165, 1.54) is 12.1 Å². The van der Waals surface area contributed by atoms with Gasteiger partial charge in [-0.05, 0) is 23.5 Å². The van der Waals surface area contributed by atoms with Crippen LogP contribution in [0.4, 0.5) is 0 Å². The van der Waals surface area contributed by atoms with Gasteiger partial charge in [0.05, 0.1) is 6.61 Å². The molecule has 5 heteroatoms. The molecule has 0 amide bonds. The van der Waals surface area contributed by atoms with E-state index >= 15 is 0 Å². The van der Waals surface area contributed by atoms with Crippen molar-refractivity contribution in [1.29, 1.82) is 5.41 Å². The van der Waals surface area contributed by atoms with Crippen molar-refractivity contribution in [3.63, 3.8) is 0 Å². The Balaban J connectivity index is 2.63. The number of rotatable bonds is 6. The molecule has 0 aliphatic carbocycles. The predicted molar refractivity (Wildman–Crippen MR) is 76.3 cm³/mol. The molecule has 1 rings (SSSR count). The number of carbonyl (C=O) groups excluding carboxylic acids is 1. The molecule has 0 saturated carbocycles. The van der Waals surface area contributed by atoms with Crippen LogP contribution in [0.5, 0.6) is 11.5 Å². The van der Waals surface area contributed by atoms with Gasteiger partial charge in [-0.3, -0.25) is 5.41 Å². The number of phenolic OH excluding ortho intramolecular Hbond substituents is 2. The van der Waals surface area contributed by atoms with Gasteiger partial charge < -0.3 is 14.9 Å². The van der Waals surface area contributed by atoms with Crippen LogP contribution in [0.2, 0.25) is 0 Å². The molecular formula is C15H21NO4. The van der Waals surface area contributed by atoms with Gasteiger partial charge in [0, 0.05) is 12.5 Å². The molecule has 20 heavy (non-hydrogen) atoms. The highest BCUT2D eigenvalue weighted by molar-refractivity contribution is 6.35. The van der Waals surface area contributed by atoms with Gasteiger partial charge in [0.2, 0.25) is 0 Å². The summed E-state index contributed by atoms with van der Waals surface area (Å²) in [4.78, 5) is 11.6. The summed E-state index contributed by atoms with van der Waals surface area (Å²) in [5.41, 5.74) is 0.467. The Bertz CT molecular complexity index is 497. The van der Waals surface area contributed by atoms with Gasteiger partial charge in [0.1, 0.15) is 17.2 Å². The number of hydrogen-bond acceptors (Lipinski definition) is 5. The highest BCUT2D eigenvalue weighted by atomic mass is 16.5. The minimum Gasteiger partial charge on any atom is -0.508 e. The van der Waals surface area contributed by atoms with Crippen molar-refractivity contribution in [1.82, 2.24) is 0 Å². The van der Waals surface area contributed by atoms with Crippen molar-refractivity contribution in [2.75, 3.05) is 6.61 Å². The van der Waals surface area contributed by atoms with Crippen molar-refractivity contribution in [3.05, 3.63) is 23.8 Å². The first-order valence-corrected chi connectivity index (χ1v) is 6.57. The van der Waals surface area contributed by atoms with Crippen molar-refractivity contribution < 1.29 is 19.7 Å². The fraction of sp³-hybridized carbons (Fsp3) is 0.467. The van der Waals surface area contributed by atoms with E-state index < -0.39 is 5.97 Å². The number of hydrogen-bond donors (Lipinski definition) is 3. The molecule has 1 atom stereocenters. The van der Waals surface area contributed by atoms with E-state index in [2.05, 4.69) is 0 Å². The number of benzene rings is 1. The smallest absolute Gasteiger partial charge is 0.351 e. The van der Waals surface area contributed by atoms with Crippen LogP contribution < -0.4 is 0 Å². The molecule has 0 fully saturated rings. The summed E-state index contributed by atoms with van der Waals surface area (Å²) in [6.07, 6.45) is 0.176. The van der Waals surface area contributed by atoms with Gasteiger partial charge in [-0.1, -0.05) is 26.8 Å². The van der Waals surface area contributed by atoms with E-state index in [4.69, 9.17) is 10.1 Å². The zero-order valence-corrected chi connectivity index (χ0v) is 12.0. The lowest BCUT2D eigenvalue weighted by atomic mass is 9.94. The SMILES string of the molecule is CC(C)COC(=O)C(=N)CC(C)c1ccc(O)cc1O. The minimum absolute atomic E-state index is 0.0233. The van der Waals surface area contributed by atoms with E-state index in [-0.39, 0.29) is 35.5 Å². The molecule has 1 aromatic rings. The lowest BCUT2D eigenvalue weighted by molar-refractivity contribution is -0.136. The summed E-state index contributed by atoms with van der Waals surface area (Å²) in [5.74, 6) is -0.672. The molecule has 0 saturated heterocycles. The van der Waals surface area contributed by atoms with E-state index in [9.17, 15) is 15.0 Å². The van der Waals surface area contributed by atoms with Crippen LogP contribution in [0.3, 0.4) is 0 Å². The van der Waals surface area contributed by atoms with Crippen molar-refractivity contribution in [2.24, 2.45) is 5.92 Å². The van der Waals surface area contributed by atoms with E-state index in [0.717, 1.165) is 0 Å². The quantitative estimate of drug-likeness (QED) is 0.551. The number of esters is 1. The number of aromatic hydroxyl groups is 2. The summed E-state index contributed by atoms with van der Waals surface area (Å²) >= 11 is 0. The maximum absolute atomic E-state index is 11.6. The van der Waals surface area contributed by atoms with Gasteiger partial charge in [-0.2, -0.15) is 0 Å². The van der Waals surface area contributed by atoms with Crippen molar-refractivity contribution in [3.8, 4) is 11.5 Å². The summed E-state index contributed by atoms with van der Waals surface area (Å²) in [5, 5.41) is 26.7. The zero-order chi connectivity index (χ0) is 15.3. The Morgan fingerprint density at radius 2 is 1.95 bits per heavy atom. The van der Waals surface area contributed by atoms with E-state index in [0.29, 0.717) is 12.2 Å². The van der Waals surface area contributed by atoms with Crippen LogP contribution in [0.25, 0.3) is 0 Å². The molecule has 0 radical (unpaired) electrons. The Morgan fingerprint density at radius 3 is 2.50 bits per heavy atom. The third-order valence-corrected chi connectivity index (χ3v) is 2.85. The maximum Gasteiger partial charge on any atom is 0.351 e. The van der Waals surface area contributed by atoms with Gasteiger partial charge in [0.25, 0.3) is 0 Å². The molecular weight excluding hydrogens is 258 g/mol. The number of ether oxygens (including phenoxy) is 1. The number of phenols is 2. The molecule has 1 aromatic carbocycles. The molecule has 0 bridgehead atoms. The third kappa shape index (κ3) is 4.57. The predicted octanol–water partition coefficient (Wildman–Crippen LogP) is 2.81. The highest BCUT2D eigenvalue weighted by Crippen LogP contribution is 2.31. The van der Waals surface area contributed by atoms with Gasteiger partial charge in [0.15, 0.2) is 0 Å². The molecule has 3 N–H and O–H groups in total. The van der Waals surface area contributed by atoms with Gasteiger partial charge in [-0.25, -0.2) is 4.79 Å². The first-order valence-electron chi connectivity index (χ1n) is 6.57. The minimum atomic E-state index is -0.621. The van der Waals surface area contributed by atoms with E-state index in [1.54, 1.807) is 13.0 Å². The summed E-state index contributed by atoms with van der Waals surface area (Å²) in [7, 11) is 0. The second-order valence-electron chi connectivity index (χ2n) is 5.32. The fourth-order valence-electron chi connectivity index (χ4n) is 1.78. The first kappa shape index (κ1) is 16.0. The number of nitrogens with one attached hydrogen (secondary N) is 1. The topological polar surface area (TPSA) is 90.6 Å². The first-order chi connectivity index (χ1) is 9.31. The van der Waals surface area contributed by atoms with Crippen molar-refractivity contribution in [2.45, 2.75) is 33.1 Å². The summed E-state index contributed by atoms with van der Waals surface area (Å²) in [6, 6.07) is 4.29. The normalized spacial score (nSPS) is 12.2. The largest absolute Gasteiger partial charge is 0.508 e. The molecule has 110 valence electrons. The zero-order valence-electron chi connectivity index (χ0n) is 12.0. The Hall–Kier alpha value is -2.04. The lowest BCUT2D eigenvalue weighted by Crippen LogP contribution is -2.20.